The maximum atomic E-state index is 11.7. The van der Waals surface area contributed by atoms with Crippen molar-refractivity contribution in [2.24, 2.45) is 0 Å². The molecule has 0 aromatic heterocycles. The summed E-state index contributed by atoms with van der Waals surface area (Å²) >= 11 is 5.54. The molecule has 1 atom stereocenters. The zero-order valence-corrected chi connectivity index (χ0v) is 16.6. The summed E-state index contributed by atoms with van der Waals surface area (Å²) in [5.74, 6) is -0.385. The second-order valence-electron chi connectivity index (χ2n) is 6.43. The smallest absolute Gasteiger partial charge is 0.337 e. The van der Waals surface area contributed by atoms with Crippen molar-refractivity contribution in [3.8, 4) is 0 Å². The molecule has 3 aromatic carbocycles. The van der Waals surface area contributed by atoms with Gasteiger partial charge >= 0.3 is 5.97 Å². The number of thiocarbonyl (C=S) groups is 1. The van der Waals surface area contributed by atoms with Crippen molar-refractivity contribution in [1.82, 2.24) is 5.32 Å². The van der Waals surface area contributed by atoms with Crippen LogP contribution in [0.5, 0.6) is 0 Å². The van der Waals surface area contributed by atoms with Gasteiger partial charge in [-0.3, -0.25) is 0 Å². The number of hydrogen-bond acceptors (Lipinski definition) is 3. The summed E-state index contributed by atoms with van der Waals surface area (Å²) in [7, 11) is 1.36. The number of carbonyl (C=O) groups excluding carboxylic acids is 1. The van der Waals surface area contributed by atoms with Crippen LogP contribution in [-0.2, 0) is 4.74 Å². The largest absolute Gasteiger partial charge is 0.465 e. The van der Waals surface area contributed by atoms with E-state index in [1.165, 1.54) is 12.7 Å². The van der Waals surface area contributed by atoms with Crippen LogP contribution in [0.2, 0.25) is 0 Å². The minimum Gasteiger partial charge on any atom is -0.465 e. The number of ether oxygens (including phenoxy) is 1. The Morgan fingerprint density at radius 1 is 0.929 bits per heavy atom. The van der Waals surface area contributed by atoms with Crippen LogP contribution in [0.15, 0.2) is 78.9 Å². The lowest BCUT2D eigenvalue weighted by Gasteiger charge is -2.22. The van der Waals surface area contributed by atoms with E-state index >= 15 is 0 Å². The molecule has 4 nitrogen and oxygen atoms in total. The van der Waals surface area contributed by atoms with E-state index in [9.17, 15) is 4.79 Å². The standard InChI is InChI=1S/C23H22N2O2S/c1-16-11-13-18(14-12-16)21(17-7-4-3-5-8-17)25-23(28)24-20-10-6-9-19(15-20)22(26)27-2/h3-15,21H,1-2H3,(H2,24,25,28)/t21-/m1/s1. The molecule has 28 heavy (non-hydrogen) atoms. The van der Waals surface area contributed by atoms with Crippen molar-refractivity contribution < 1.29 is 9.53 Å². The third-order valence-corrected chi connectivity index (χ3v) is 4.58. The summed E-state index contributed by atoms with van der Waals surface area (Å²) < 4.78 is 4.77. The molecule has 0 aliphatic rings. The normalized spacial score (nSPS) is 11.4. The monoisotopic (exact) mass is 390 g/mol. The molecule has 3 rings (SSSR count). The van der Waals surface area contributed by atoms with Crippen LogP contribution >= 0.6 is 12.2 Å². The van der Waals surface area contributed by atoms with Crippen LogP contribution in [0.1, 0.15) is 33.1 Å². The van der Waals surface area contributed by atoms with E-state index in [2.05, 4.69) is 54.0 Å². The topological polar surface area (TPSA) is 50.4 Å². The van der Waals surface area contributed by atoms with E-state index in [1.807, 2.05) is 24.3 Å². The molecule has 2 N–H and O–H groups in total. The Bertz CT molecular complexity index is 956. The highest BCUT2D eigenvalue weighted by Gasteiger charge is 2.15. The number of aryl methyl sites for hydroxylation is 1. The fourth-order valence-corrected chi connectivity index (χ4v) is 3.14. The molecule has 142 valence electrons. The highest BCUT2D eigenvalue weighted by Crippen LogP contribution is 2.23. The lowest BCUT2D eigenvalue weighted by molar-refractivity contribution is 0.0601. The Hall–Kier alpha value is -3.18. The molecule has 0 saturated heterocycles. The van der Waals surface area contributed by atoms with E-state index in [1.54, 1.807) is 18.2 Å². The molecule has 0 bridgehead atoms. The number of carbonyl (C=O) groups is 1. The van der Waals surface area contributed by atoms with Gasteiger partial charge in [0, 0.05) is 5.69 Å². The summed E-state index contributed by atoms with van der Waals surface area (Å²) in [6.45, 7) is 2.06. The van der Waals surface area contributed by atoms with E-state index in [0.717, 1.165) is 16.8 Å². The number of benzene rings is 3. The van der Waals surface area contributed by atoms with E-state index in [0.29, 0.717) is 10.7 Å². The van der Waals surface area contributed by atoms with Gasteiger partial charge in [0.2, 0.25) is 0 Å². The van der Waals surface area contributed by atoms with Crippen LogP contribution in [0.3, 0.4) is 0 Å². The van der Waals surface area contributed by atoms with E-state index < -0.39 is 0 Å². The van der Waals surface area contributed by atoms with Gasteiger partial charge in [0.05, 0.1) is 18.7 Å². The summed E-state index contributed by atoms with van der Waals surface area (Å²) in [5.41, 5.74) is 4.61. The second kappa shape index (κ2) is 9.15. The van der Waals surface area contributed by atoms with E-state index in [4.69, 9.17) is 17.0 Å². The molecule has 5 heteroatoms. The van der Waals surface area contributed by atoms with Crippen LogP contribution in [-0.4, -0.2) is 18.2 Å². The minimum absolute atomic E-state index is 0.0920. The van der Waals surface area contributed by atoms with Gasteiger partial charge in [0.15, 0.2) is 5.11 Å². The lowest BCUT2D eigenvalue weighted by Crippen LogP contribution is -2.33. The SMILES string of the molecule is COC(=O)c1cccc(NC(=S)N[C@H](c2ccccc2)c2ccc(C)cc2)c1. The predicted molar refractivity (Wildman–Crippen MR) is 117 cm³/mol. The van der Waals surface area contributed by atoms with Crippen LogP contribution in [0, 0.1) is 6.92 Å². The first-order valence-electron chi connectivity index (χ1n) is 8.94. The average molecular weight is 391 g/mol. The number of nitrogens with one attached hydrogen (secondary N) is 2. The quantitative estimate of drug-likeness (QED) is 0.481. The zero-order valence-electron chi connectivity index (χ0n) is 15.8. The molecule has 0 heterocycles. The van der Waals surface area contributed by atoms with Crippen LogP contribution < -0.4 is 10.6 Å². The van der Waals surface area contributed by atoms with Gasteiger partial charge in [-0.05, 0) is 48.5 Å². The fourth-order valence-electron chi connectivity index (χ4n) is 2.90. The first-order valence-corrected chi connectivity index (χ1v) is 9.35. The molecule has 0 fully saturated rings. The predicted octanol–water partition coefficient (Wildman–Crippen LogP) is 4.86. The first-order chi connectivity index (χ1) is 13.6. The molecular weight excluding hydrogens is 368 g/mol. The molecule has 0 unspecified atom stereocenters. The van der Waals surface area contributed by atoms with Gasteiger partial charge < -0.3 is 15.4 Å². The number of esters is 1. The third-order valence-electron chi connectivity index (χ3n) is 4.36. The average Bonchev–Trinajstić information content (AvgIpc) is 2.73. The maximum absolute atomic E-state index is 11.7. The Morgan fingerprint density at radius 2 is 1.61 bits per heavy atom. The molecule has 0 amide bonds. The summed E-state index contributed by atoms with van der Waals surface area (Å²) in [5, 5.41) is 7.01. The van der Waals surface area contributed by atoms with Crippen molar-refractivity contribution >= 4 is 29.0 Å². The van der Waals surface area contributed by atoms with Crippen LogP contribution in [0.4, 0.5) is 5.69 Å². The van der Waals surface area contributed by atoms with Crippen molar-refractivity contribution in [2.45, 2.75) is 13.0 Å². The van der Waals surface area contributed by atoms with Gasteiger partial charge in [0.1, 0.15) is 0 Å². The lowest BCUT2D eigenvalue weighted by atomic mass is 9.98. The van der Waals surface area contributed by atoms with Crippen molar-refractivity contribution in [3.05, 3.63) is 101 Å². The Morgan fingerprint density at radius 3 is 2.29 bits per heavy atom. The first kappa shape index (κ1) is 19.6. The Balaban J connectivity index is 1.80. The highest BCUT2D eigenvalue weighted by atomic mass is 32.1. The number of rotatable bonds is 5. The maximum Gasteiger partial charge on any atom is 0.337 e. The van der Waals surface area contributed by atoms with E-state index in [-0.39, 0.29) is 12.0 Å². The van der Waals surface area contributed by atoms with Crippen molar-refractivity contribution in [3.63, 3.8) is 0 Å². The summed E-state index contributed by atoms with van der Waals surface area (Å²) in [6, 6.07) is 25.5. The van der Waals surface area contributed by atoms with Gasteiger partial charge in [0.25, 0.3) is 0 Å². The highest BCUT2D eigenvalue weighted by molar-refractivity contribution is 7.80. The Labute approximate surface area is 170 Å². The van der Waals surface area contributed by atoms with Crippen molar-refractivity contribution in [1.29, 1.82) is 0 Å². The van der Waals surface area contributed by atoms with Crippen LogP contribution in [0.25, 0.3) is 0 Å². The minimum atomic E-state index is -0.385. The summed E-state index contributed by atoms with van der Waals surface area (Å²) in [6.07, 6.45) is 0. The summed E-state index contributed by atoms with van der Waals surface area (Å²) in [4.78, 5) is 11.7. The van der Waals surface area contributed by atoms with Crippen molar-refractivity contribution in [2.75, 3.05) is 12.4 Å². The number of hydrogen-bond donors (Lipinski definition) is 2. The molecule has 3 aromatic rings. The molecule has 0 spiro atoms. The molecule has 0 radical (unpaired) electrons. The zero-order chi connectivity index (χ0) is 19.9. The van der Waals surface area contributed by atoms with Gasteiger partial charge in [-0.2, -0.15) is 0 Å². The number of methoxy groups -OCH3 is 1. The van der Waals surface area contributed by atoms with Gasteiger partial charge in [-0.15, -0.1) is 0 Å². The molecular formula is C23H22N2O2S. The molecule has 0 aliphatic heterocycles. The third kappa shape index (κ3) is 4.96. The Kier molecular flexibility index (Phi) is 6.40. The number of anilines is 1. The van der Waals surface area contributed by atoms with Gasteiger partial charge in [-0.25, -0.2) is 4.79 Å². The fraction of sp³-hybridized carbons (Fsp3) is 0.130. The van der Waals surface area contributed by atoms with Gasteiger partial charge in [-0.1, -0.05) is 66.2 Å². The molecule has 0 saturated carbocycles. The molecule has 0 aliphatic carbocycles. The second-order valence-corrected chi connectivity index (χ2v) is 6.83.